The number of rotatable bonds is 7. The fourth-order valence-corrected chi connectivity index (χ4v) is 3.05. The second kappa shape index (κ2) is 6.85. The average molecular weight is 294 g/mol. The minimum atomic E-state index is 0.403. The summed E-state index contributed by atoms with van der Waals surface area (Å²) in [7, 11) is 0. The lowest BCUT2D eigenvalue weighted by molar-refractivity contribution is 0.246. The van der Waals surface area contributed by atoms with Crippen molar-refractivity contribution in [2.75, 3.05) is 12.0 Å². The lowest BCUT2D eigenvalue weighted by atomic mass is 10.1. The number of fused-ring (bicyclic) bond motifs is 1. The highest BCUT2D eigenvalue weighted by atomic mass is 32.1. The second-order valence-corrected chi connectivity index (χ2v) is 6.10. The number of aryl methyl sites for hydroxylation is 1. The quantitative estimate of drug-likeness (QED) is 0.605. The van der Waals surface area contributed by atoms with Gasteiger partial charge in [-0.05, 0) is 24.8 Å². The molecule has 6 heteroatoms. The van der Waals surface area contributed by atoms with Crippen LogP contribution in [-0.4, -0.2) is 16.6 Å². The van der Waals surface area contributed by atoms with Crippen molar-refractivity contribution in [3.8, 4) is 5.88 Å². The van der Waals surface area contributed by atoms with E-state index in [0.717, 1.165) is 29.5 Å². The summed E-state index contributed by atoms with van der Waals surface area (Å²) >= 11 is 1.66. The number of hydrogen-bond acceptors (Lipinski definition) is 6. The van der Waals surface area contributed by atoms with Crippen molar-refractivity contribution in [1.82, 2.24) is 9.97 Å². The van der Waals surface area contributed by atoms with Crippen LogP contribution in [0, 0.1) is 5.92 Å². The van der Waals surface area contributed by atoms with Gasteiger partial charge in [0.2, 0.25) is 11.8 Å². The zero-order chi connectivity index (χ0) is 14.5. The van der Waals surface area contributed by atoms with Crippen LogP contribution in [0.1, 0.15) is 38.5 Å². The predicted octanol–water partition coefficient (Wildman–Crippen LogP) is 3.35. The molecule has 0 amide bonds. The fourth-order valence-electron chi connectivity index (χ4n) is 2.09. The minimum absolute atomic E-state index is 0.403. The van der Waals surface area contributed by atoms with Gasteiger partial charge in [0.05, 0.1) is 12.0 Å². The van der Waals surface area contributed by atoms with Gasteiger partial charge in [-0.25, -0.2) is 10.8 Å². The minimum Gasteiger partial charge on any atom is -0.477 e. The molecule has 1 atom stereocenters. The molecule has 1 unspecified atom stereocenters. The summed E-state index contributed by atoms with van der Waals surface area (Å²) in [5.41, 5.74) is 2.50. The van der Waals surface area contributed by atoms with Gasteiger partial charge in [-0.15, -0.1) is 11.3 Å². The maximum atomic E-state index is 5.89. The lowest BCUT2D eigenvalue weighted by Crippen LogP contribution is -2.13. The molecule has 2 aromatic rings. The van der Waals surface area contributed by atoms with Crippen molar-refractivity contribution in [2.24, 2.45) is 11.8 Å². The summed E-state index contributed by atoms with van der Waals surface area (Å²) in [6, 6.07) is 2.11. The van der Waals surface area contributed by atoms with Gasteiger partial charge in [-0.3, -0.25) is 5.43 Å². The van der Waals surface area contributed by atoms with Crippen LogP contribution >= 0.6 is 11.3 Å². The molecule has 0 bridgehead atoms. The van der Waals surface area contributed by atoms with E-state index in [-0.39, 0.29) is 0 Å². The van der Waals surface area contributed by atoms with Crippen molar-refractivity contribution in [3.05, 3.63) is 10.9 Å². The molecule has 3 N–H and O–H groups in total. The molecule has 0 aromatic carbocycles. The van der Waals surface area contributed by atoms with Crippen molar-refractivity contribution >= 4 is 27.5 Å². The molecule has 2 rings (SSSR count). The van der Waals surface area contributed by atoms with Crippen LogP contribution in [0.5, 0.6) is 5.88 Å². The van der Waals surface area contributed by atoms with Crippen molar-refractivity contribution in [1.29, 1.82) is 0 Å². The van der Waals surface area contributed by atoms with Gasteiger partial charge < -0.3 is 4.74 Å². The first-order valence-corrected chi connectivity index (χ1v) is 7.89. The third-order valence-corrected chi connectivity index (χ3v) is 4.35. The number of nitrogen functional groups attached to an aromatic ring is 1. The van der Waals surface area contributed by atoms with Gasteiger partial charge in [0.25, 0.3) is 0 Å². The first-order valence-electron chi connectivity index (χ1n) is 7.07. The topological polar surface area (TPSA) is 73.1 Å². The van der Waals surface area contributed by atoms with E-state index in [1.807, 2.05) is 0 Å². The lowest BCUT2D eigenvalue weighted by Gasteiger charge is -2.12. The van der Waals surface area contributed by atoms with Crippen LogP contribution < -0.4 is 16.0 Å². The Bertz CT molecular complexity index is 570. The average Bonchev–Trinajstić information content (AvgIpc) is 2.87. The highest BCUT2D eigenvalue weighted by molar-refractivity contribution is 7.18. The second-order valence-electron chi connectivity index (χ2n) is 4.99. The number of nitrogens with zero attached hydrogens (tertiary/aromatic N) is 2. The molecule has 0 saturated heterocycles. The molecule has 110 valence electrons. The largest absolute Gasteiger partial charge is 0.477 e. The first-order chi connectivity index (χ1) is 9.67. The molecule has 5 nitrogen and oxygen atoms in total. The molecule has 0 fully saturated rings. The maximum Gasteiger partial charge on any atom is 0.241 e. The van der Waals surface area contributed by atoms with Crippen LogP contribution in [0.2, 0.25) is 0 Å². The van der Waals surface area contributed by atoms with E-state index in [2.05, 4.69) is 42.2 Å². The zero-order valence-electron chi connectivity index (χ0n) is 12.3. The Kier molecular flexibility index (Phi) is 5.14. The molecule has 0 aliphatic heterocycles. The van der Waals surface area contributed by atoms with E-state index in [4.69, 9.17) is 10.6 Å². The maximum absolute atomic E-state index is 5.89. The number of ether oxygens (including phenoxy) is 1. The van der Waals surface area contributed by atoms with Gasteiger partial charge in [0.15, 0.2) is 0 Å². The molecule has 2 aromatic heterocycles. The van der Waals surface area contributed by atoms with Gasteiger partial charge in [-0.1, -0.05) is 27.2 Å². The Morgan fingerprint density at radius 3 is 2.85 bits per heavy atom. The van der Waals surface area contributed by atoms with Crippen molar-refractivity contribution in [3.63, 3.8) is 0 Å². The molecule has 20 heavy (non-hydrogen) atoms. The van der Waals surface area contributed by atoms with Crippen LogP contribution in [0.15, 0.2) is 6.07 Å². The monoisotopic (exact) mass is 294 g/mol. The van der Waals surface area contributed by atoms with Gasteiger partial charge in [0, 0.05) is 4.88 Å². The summed E-state index contributed by atoms with van der Waals surface area (Å²) in [4.78, 5) is 10.9. The Hall–Kier alpha value is -1.40. The van der Waals surface area contributed by atoms with Gasteiger partial charge >= 0.3 is 0 Å². The summed E-state index contributed by atoms with van der Waals surface area (Å²) < 4.78 is 5.89. The number of hydrazine groups is 1. The molecule has 0 saturated carbocycles. The van der Waals surface area contributed by atoms with Gasteiger partial charge in [0.1, 0.15) is 4.83 Å². The zero-order valence-corrected chi connectivity index (χ0v) is 13.1. The highest BCUT2D eigenvalue weighted by Crippen LogP contribution is 2.31. The first kappa shape index (κ1) is 15.0. The van der Waals surface area contributed by atoms with E-state index < -0.39 is 0 Å². The molecular formula is C14H22N4OS. The summed E-state index contributed by atoms with van der Waals surface area (Å²) in [5.74, 6) is 6.97. The Labute approximate surface area is 123 Å². The number of nitrogens with one attached hydrogen (secondary N) is 1. The normalized spacial score (nSPS) is 12.6. The Morgan fingerprint density at radius 1 is 1.40 bits per heavy atom. The van der Waals surface area contributed by atoms with Crippen LogP contribution in [0.3, 0.4) is 0 Å². The Balaban J connectivity index is 2.27. The molecule has 0 aliphatic rings. The number of aromatic nitrogens is 2. The molecule has 0 radical (unpaired) electrons. The highest BCUT2D eigenvalue weighted by Gasteiger charge is 2.13. The predicted molar refractivity (Wildman–Crippen MR) is 84.2 cm³/mol. The van der Waals surface area contributed by atoms with E-state index in [0.29, 0.717) is 24.4 Å². The van der Waals surface area contributed by atoms with E-state index in [9.17, 15) is 0 Å². The van der Waals surface area contributed by atoms with Crippen LogP contribution in [0.25, 0.3) is 10.2 Å². The number of anilines is 1. The molecular weight excluding hydrogens is 272 g/mol. The smallest absolute Gasteiger partial charge is 0.241 e. The summed E-state index contributed by atoms with van der Waals surface area (Å²) in [6.45, 7) is 7.17. The number of hydrogen-bond donors (Lipinski definition) is 2. The standard InChI is InChI=1S/C14H22N4OS/c1-4-6-9(3)8-19-12-11-7-10(5-2)20-13(11)17-14(16-12)18-15/h7,9H,4-6,8,15H2,1-3H3,(H,16,17,18). The summed E-state index contributed by atoms with van der Waals surface area (Å²) in [6.07, 6.45) is 3.30. The van der Waals surface area contributed by atoms with Crippen molar-refractivity contribution < 1.29 is 4.74 Å². The van der Waals surface area contributed by atoms with E-state index >= 15 is 0 Å². The van der Waals surface area contributed by atoms with E-state index in [1.165, 1.54) is 4.88 Å². The third-order valence-electron chi connectivity index (χ3n) is 3.17. The fraction of sp³-hybridized carbons (Fsp3) is 0.571. The van der Waals surface area contributed by atoms with Gasteiger partial charge in [-0.2, -0.15) is 4.98 Å². The number of nitrogens with two attached hydrogens (primary N) is 1. The SMILES string of the molecule is CCCC(C)COc1nc(NN)nc2sc(CC)cc12. The van der Waals surface area contributed by atoms with Crippen LogP contribution in [-0.2, 0) is 6.42 Å². The summed E-state index contributed by atoms with van der Waals surface area (Å²) in [5, 5.41) is 0.981. The number of thiophene rings is 1. The Morgan fingerprint density at radius 2 is 2.20 bits per heavy atom. The third kappa shape index (κ3) is 3.37. The van der Waals surface area contributed by atoms with Crippen LogP contribution in [0.4, 0.5) is 5.95 Å². The molecule has 0 aliphatic carbocycles. The molecule has 0 spiro atoms. The molecule has 2 heterocycles. The van der Waals surface area contributed by atoms with Crippen molar-refractivity contribution in [2.45, 2.75) is 40.0 Å². The van der Waals surface area contributed by atoms with E-state index in [1.54, 1.807) is 11.3 Å².